The summed E-state index contributed by atoms with van der Waals surface area (Å²) < 4.78 is 28.1. The Balaban J connectivity index is 1.91. The van der Waals surface area contributed by atoms with E-state index in [2.05, 4.69) is 11.9 Å². The van der Waals surface area contributed by atoms with Gasteiger partial charge < -0.3 is 5.32 Å². The molecule has 0 saturated carbocycles. The van der Waals surface area contributed by atoms with E-state index in [1.807, 2.05) is 50.2 Å². The van der Waals surface area contributed by atoms with Crippen LogP contribution in [0.5, 0.6) is 0 Å². The van der Waals surface area contributed by atoms with Crippen LogP contribution in [0.2, 0.25) is 0 Å². The fourth-order valence-electron chi connectivity index (χ4n) is 3.55. The van der Waals surface area contributed by atoms with Crippen molar-refractivity contribution in [2.24, 2.45) is 5.92 Å². The van der Waals surface area contributed by atoms with E-state index in [0.717, 1.165) is 11.1 Å². The summed E-state index contributed by atoms with van der Waals surface area (Å²) in [5, 5.41) is 2.90. The average molecular weight is 399 g/mol. The summed E-state index contributed by atoms with van der Waals surface area (Å²) in [6.45, 7) is 8.38. The number of nitrogens with zero attached hydrogens (tertiary/aromatic N) is 1. The first-order valence-corrected chi connectivity index (χ1v) is 10.9. The molecule has 0 saturated heterocycles. The number of fused-ring (bicyclic) bond motifs is 1. The standard InChI is InChI=1S/C22H26N2O3S/c1-16(2)21(22(25)23-15-18-9-5-4-6-10-18)24-14-13-17(3)19-11-7-8-12-20(19)28(24,26)27/h4-12,16,21H,3,13-15H2,1-2H3,(H,23,25)/t21-/m1/s1. The molecule has 1 aliphatic heterocycles. The van der Waals surface area contributed by atoms with Gasteiger partial charge in [-0.3, -0.25) is 4.79 Å². The van der Waals surface area contributed by atoms with Crippen molar-refractivity contribution < 1.29 is 13.2 Å². The monoisotopic (exact) mass is 398 g/mol. The maximum absolute atomic E-state index is 13.4. The van der Waals surface area contributed by atoms with Crippen molar-refractivity contribution in [2.75, 3.05) is 6.54 Å². The number of carbonyl (C=O) groups is 1. The second-order valence-electron chi connectivity index (χ2n) is 7.36. The molecule has 1 heterocycles. The third-order valence-corrected chi connectivity index (χ3v) is 6.95. The number of amides is 1. The molecule has 2 aromatic rings. The molecule has 0 radical (unpaired) electrons. The van der Waals surface area contributed by atoms with Gasteiger partial charge in [0.1, 0.15) is 6.04 Å². The van der Waals surface area contributed by atoms with E-state index >= 15 is 0 Å². The van der Waals surface area contributed by atoms with E-state index in [-0.39, 0.29) is 23.3 Å². The van der Waals surface area contributed by atoms with Gasteiger partial charge >= 0.3 is 0 Å². The number of nitrogens with one attached hydrogen (secondary N) is 1. The van der Waals surface area contributed by atoms with Gasteiger partial charge in [0.2, 0.25) is 15.9 Å². The highest BCUT2D eigenvalue weighted by molar-refractivity contribution is 7.89. The van der Waals surface area contributed by atoms with E-state index < -0.39 is 16.1 Å². The van der Waals surface area contributed by atoms with Crippen LogP contribution in [0.25, 0.3) is 5.57 Å². The highest BCUT2D eigenvalue weighted by Crippen LogP contribution is 2.33. The van der Waals surface area contributed by atoms with Gasteiger partial charge in [-0.2, -0.15) is 4.31 Å². The van der Waals surface area contributed by atoms with Gasteiger partial charge in [0.15, 0.2) is 0 Å². The average Bonchev–Trinajstić information content (AvgIpc) is 2.77. The summed E-state index contributed by atoms with van der Waals surface area (Å²) in [6, 6.07) is 15.7. The largest absolute Gasteiger partial charge is 0.351 e. The molecule has 148 valence electrons. The molecule has 1 aliphatic rings. The lowest BCUT2D eigenvalue weighted by Gasteiger charge is -2.31. The predicted molar refractivity (Wildman–Crippen MR) is 111 cm³/mol. The van der Waals surface area contributed by atoms with Crippen LogP contribution < -0.4 is 5.32 Å². The Bertz CT molecular complexity index is 968. The topological polar surface area (TPSA) is 66.5 Å². The minimum absolute atomic E-state index is 0.177. The Hall–Kier alpha value is -2.44. The fraction of sp³-hybridized carbons (Fsp3) is 0.318. The van der Waals surface area contributed by atoms with Crippen LogP contribution in [0.15, 0.2) is 66.1 Å². The maximum Gasteiger partial charge on any atom is 0.244 e. The van der Waals surface area contributed by atoms with Crippen LogP contribution in [-0.2, 0) is 21.4 Å². The van der Waals surface area contributed by atoms with E-state index in [1.165, 1.54) is 4.31 Å². The van der Waals surface area contributed by atoms with Crippen LogP contribution in [0.4, 0.5) is 0 Å². The molecule has 0 unspecified atom stereocenters. The molecule has 0 spiro atoms. The molecule has 5 nitrogen and oxygen atoms in total. The van der Waals surface area contributed by atoms with Crippen molar-refractivity contribution in [1.29, 1.82) is 0 Å². The first kappa shape index (κ1) is 20.3. The molecule has 1 N–H and O–H groups in total. The Morgan fingerprint density at radius 2 is 1.75 bits per heavy atom. The molecule has 6 heteroatoms. The second kappa shape index (κ2) is 8.29. The van der Waals surface area contributed by atoms with Crippen molar-refractivity contribution in [3.05, 3.63) is 72.3 Å². The highest BCUT2D eigenvalue weighted by atomic mass is 32.2. The minimum atomic E-state index is -3.81. The lowest BCUT2D eigenvalue weighted by Crippen LogP contribution is -2.52. The van der Waals surface area contributed by atoms with E-state index in [1.54, 1.807) is 18.2 Å². The molecule has 1 amide bonds. The molecule has 0 aromatic heterocycles. The van der Waals surface area contributed by atoms with Crippen LogP contribution in [0.1, 0.15) is 31.4 Å². The lowest BCUT2D eigenvalue weighted by molar-refractivity contribution is -0.126. The number of hydrogen-bond donors (Lipinski definition) is 1. The van der Waals surface area contributed by atoms with Gasteiger partial charge in [0.05, 0.1) is 4.90 Å². The Kier molecular flexibility index (Phi) is 6.01. The van der Waals surface area contributed by atoms with Crippen LogP contribution in [0, 0.1) is 5.92 Å². The first-order valence-electron chi connectivity index (χ1n) is 9.43. The zero-order valence-electron chi connectivity index (χ0n) is 16.3. The second-order valence-corrected chi connectivity index (χ2v) is 9.22. The zero-order chi connectivity index (χ0) is 20.3. The van der Waals surface area contributed by atoms with Crippen LogP contribution in [-0.4, -0.2) is 31.2 Å². The molecule has 0 bridgehead atoms. The van der Waals surface area contributed by atoms with Crippen LogP contribution >= 0.6 is 0 Å². The van der Waals surface area contributed by atoms with E-state index in [4.69, 9.17) is 0 Å². The van der Waals surface area contributed by atoms with Gasteiger partial charge in [-0.15, -0.1) is 0 Å². The fourth-order valence-corrected chi connectivity index (χ4v) is 5.52. The van der Waals surface area contributed by atoms with Gasteiger partial charge in [-0.25, -0.2) is 8.42 Å². The SMILES string of the molecule is C=C1CCN([C@@H](C(=O)NCc2ccccc2)C(C)C)S(=O)(=O)c2ccccc21. The summed E-state index contributed by atoms with van der Waals surface area (Å²) in [4.78, 5) is 13.2. The number of carbonyl (C=O) groups excluding carboxylic acids is 1. The summed E-state index contributed by atoms with van der Waals surface area (Å²) in [5.41, 5.74) is 2.38. The van der Waals surface area contributed by atoms with Gasteiger partial charge in [0, 0.05) is 13.1 Å². The molecule has 2 aromatic carbocycles. The maximum atomic E-state index is 13.4. The Morgan fingerprint density at radius 3 is 2.43 bits per heavy atom. The van der Waals surface area contributed by atoms with Crippen molar-refractivity contribution >= 4 is 21.5 Å². The lowest BCUT2D eigenvalue weighted by atomic mass is 10.0. The van der Waals surface area contributed by atoms with Crippen molar-refractivity contribution in [1.82, 2.24) is 9.62 Å². The summed E-state index contributed by atoms with van der Waals surface area (Å²) in [7, 11) is -3.81. The van der Waals surface area contributed by atoms with Gasteiger partial charge in [-0.05, 0) is 35.1 Å². The predicted octanol–water partition coefficient (Wildman–Crippen LogP) is 3.44. The number of hydrogen-bond acceptors (Lipinski definition) is 3. The third kappa shape index (κ3) is 4.03. The van der Waals surface area contributed by atoms with E-state index in [9.17, 15) is 13.2 Å². The molecule has 3 rings (SSSR count). The van der Waals surface area contributed by atoms with Crippen molar-refractivity contribution in [3.63, 3.8) is 0 Å². The molecule has 1 atom stereocenters. The molecule has 28 heavy (non-hydrogen) atoms. The Labute approximate surface area is 167 Å². The highest BCUT2D eigenvalue weighted by Gasteiger charge is 2.40. The zero-order valence-corrected chi connectivity index (χ0v) is 17.1. The van der Waals surface area contributed by atoms with Crippen molar-refractivity contribution in [3.8, 4) is 0 Å². The molecule has 0 aliphatic carbocycles. The number of rotatable bonds is 5. The summed E-state index contributed by atoms with van der Waals surface area (Å²) in [6.07, 6.45) is 0.491. The minimum Gasteiger partial charge on any atom is -0.351 e. The normalized spacial score (nSPS) is 17.6. The molecular weight excluding hydrogens is 372 g/mol. The number of sulfonamides is 1. The van der Waals surface area contributed by atoms with Gasteiger partial charge in [-0.1, -0.05) is 69.0 Å². The third-order valence-electron chi connectivity index (χ3n) is 5.01. The summed E-state index contributed by atoms with van der Waals surface area (Å²) in [5.74, 6) is -0.462. The van der Waals surface area contributed by atoms with Crippen LogP contribution in [0.3, 0.4) is 0 Å². The number of benzene rings is 2. The molecular formula is C22H26N2O3S. The smallest absolute Gasteiger partial charge is 0.244 e. The van der Waals surface area contributed by atoms with Gasteiger partial charge in [0.25, 0.3) is 0 Å². The molecule has 0 fully saturated rings. The first-order chi connectivity index (χ1) is 13.3. The van der Waals surface area contributed by atoms with E-state index in [0.29, 0.717) is 18.5 Å². The Morgan fingerprint density at radius 1 is 1.11 bits per heavy atom. The van der Waals surface area contributed by atoms with Crippen molar-refractivity contribution in [2.45, 2.75) is 37.8 Å². The quantitative estimate of drug-likeness (QED) is 0.839. The summed E-state index contributed by atoms with van der Waals surface area (Å²) >= 11 is 0.